The first-order chi connectivity index (χ1) is 48.7. The minimum atomic E-state index is -4.99. The van der Waals surface area contributed by atoms with Crippen molar-refractivity contribution in [1.29, 1.82) is 0 Å². The van der Waals surface area contributed by atoms with E-state index < -0.39 is 97.5 Å². The number of hydrogen-bond donors (Lipinski definition) is 3. The standard InChI is InChI=1S/C81H136O17P2/c1-5-9-13-17-21-25-29-32-34-36-37-39-41-44-47-50-54-58-62-66-78(83)91-71-76(97-80(85)67-63-59-55-51-45-28-24-20-16-12-8-4)73-95-99(87,88)93-69-75(82)70-94-100(89,90)96-74-77(98-81(86)68-64-60-56-52-48-42-31-27-23-19-15-11-7-3)72-92-79(84)65-61-57-53-49-46-43-40-38-35-33-30-26-22-18-14-10-6-2/h9-10,13-14,21-22,25-27,31-35,37,39-40,43-44,47,49,53,75-77,82H,5-8,11-12,15-20,23-24,28-30,36,38,41-42,45-46,48,50-52,54-74H2,1-4H3,(H,87,88)(H,89,90)/b13-9-,14-10-,25-21-,26-22-,31-27-,34-32-,35-33-,39-37-,43-40-,47-44-,53-49-. The fourth-order valence-electron chi connectivity index (χ4n) is 9.81. The van der Waals surface area contributed by atoms with E-state index in [4.69, 9.17) is 37.0 Å². The maximum Gasteiger partial charge on any atom is 0.472 e. The van der Waals surface area contributed by atoms with Gasteiger partial charge in [0.05, 0.1) is 26.4 Å². The van der Waals surface area contributed by atoms with Crippen molar-refractivity contribution < 1.29 is 80.2 Å². The Balaban J connectivity index is 5.39. The zero-order chi connectivity index (χ0) is 73.2. The third-order valence-electron chi connectivity index (χ3n) is 15.6. The molecular formula is C81H136O17P2. The highest BCUT2D eigenvalue weighted by molar-refractivity contribution is 7.47. The number of hydrogen-bond acceptors (Lipinski definition) is 15. The highest BCUT2D eigenvalue weighted by Gasteiger charge is 2.30. The third-order valence-corrected chi connectivity index (χ3v) is 17.5. The Hall–Kier alpha value is -4.80. The number of aliphatic hydroxyl groups is 1. The molecule has 0 aromatic rings. The molecule has 0 aliphatic heterocycles. The molecule has 0 rings (SSSR count). The minimum Gasteiger partial charge on any atom is -0.462 e. The summed E-state index contributed by atoms with van der Waals surface area (Å²) in [6.07, 6.45) is 80.3. The molecule has 100 heavy (non-hydrogen) atoms. The maximum atomic E-state index is 13.1. The van der Waals surface area contributed by atoms with Crippen molar-refractivity contribution in [2.24, 2.45) is 0 Å². The Morgan fingerprint density at radius 2 is 0.530 bits per heavy atom. The van der Waals surface area contributed by atoms with Crippen molar-refractivity contribution >= 4 is 39.5 Å². The number of carbonyl (C=O) groups excluding carboxylic acids is 4. The second-order valence-electron chi connectivity index (χ2n) is 25.2. The smallest absolute Gasteiger partial charge is 0.462 e. The highest BCUT2D eigenvalue weighted by Crippen LogP contribution is 2.45. The van der Waals surface area contributed by atoms with Crippen LogP contribution in [0.25, 0.3) is 0 Å². The largest absolute Gasteiger partial charge is 0.472 e. The molecule has 0 aliphatic carbocycles. The molecule has 0 amide bonds. The van der Waals surface area contributed by atoms with E-state index in [9.17, 15) is 43.2 Å². The number of unbranched alkanes of at least 4 members (excludes halogenated alkanes) is 23. The van der Waals surface area contributed by atoms with E-state index in [2.05, 4.69) is 149 Å². The summed E-state index contributed by atoms with van der Waals surface area (Å²) in [4.78, 5) is 72.8. The Bertz CT molecular complexity index is 2420. The number of esters is 4. The van der Waals surface area contributed by atoms with E-state index in [0.717, 1.165) is 148 Å². The normalized spacial score (nSPS) is 14.7. The van der Waals surface area contributed by atoms with Gasteiger partial charge in [0, 0.05) is 25.7 Å². The van der Waals surface area contributed by atoms with Crippen LogP contribution in [0.2, 0.25) is 0 Å². The van der Waals surface area contributed by atoms with Gasteiger partial charge in [-0.25, -0.2) is 9.13 Å². The van der Waals surface area contributed by atoms with Crippen LogP contribution in [0.5, 0.6) is 0 Å². The summed E-state index contributed by atoms with van der Waals surface area (Å²) >= 11 is 0. The number of aliphatic hydroxyl groups excluding tert-OH is 1. The van der Waals surface area contributed by atoms with Gasteiger partial charge >= 0.3 is 39.5 Å². The quantitative estimate of drug-likeness (QED) is 0.0169. The predicted octanol–water partition coefficient (Wildman–Crippen LogP) is 22.1. The second-order valence-corrected chi connectivity index (χ2v) is 28.1. The number of carbonyl (C=O) groups is 4. The molecule has 0 bridgehead atoms. The molecule has 17 nitrogen and oxygen atoms in total. The lowest BCUT2D eigenvalue weighted by Gasteiger charge is -2.21. The van der Waals surface area contributed by atoms with Crippen molar-refractivity contribution in [3.05, 3.63) is 134 Å². The van der Waals surface area contributed by atoms with Gasteiger partial charge in [-0.15, -0.1) is 0 Å². The van der Waals surface area contributed by atoms with Crippen LogP contribution in [0.4, 0.5) is 0 Å². The lowest BCUT2D eigenvalue weighted by Crippen LogP contribution is -2.30. The molecule has 0 saturated carbocycles. The van der Waals surface area contributed by atoms with Gasteiger partial charge in [0.25, 0.3) is 0 Å². The Kier molecular flexibility index (Phi) is 69.1. The first-order valence-electron chi connectivity index (χ1n) is 38.4. The number of allylic oxidation sites excluding steroid dienone is 22. The zero-order valence-electron chi connectivity index (χ0n) is 62.3. The van der Waals surface area contributed by atoms with Gasteiger partial charge in [0.1, 0.15) is 19.3 Å². The highest BCUT2D eigenvalue weighted by atomic mass is 31.2. The molecule has 0 spiro atoms. The molecule has 0 fully saturated rings. The summed E-state index contributed by atoms with van der Waals surface area (Å²) in [6.45, 7) is 4.51. The van der Waals surface area contributed by atoms with Gasteiger partial charge in [-0.05, 0) is 135 Å². The van der Waals surface area contributed by atoms with Crippen LogP contribution in [0.15, 0.2) is 134 Å². The second kappa shape index (κ2) is 72.5. The van der Waals surface area contributed by atoms with E-state index in [1.807, 2.05) is 12.2 Å². The van der Waals surface area contributed by atoms with Gasteiger partial charge in [-0.3, -0.25) is 37.3 Å². The molecule has 5 atom stereocenters. The summed E-state index contributed by atoms with van der Waals surface area (Å²) < 4.78 is 68.4. The van der Waals surface area contributed by atoms with Gasteiger partial charge < -0.3 is 33.8 Å². The molecule has 19 heteroatoms. The summed E-state index contributed by atoms with van der Waals surface area (Å²) in [7, 11) is -9.98. The van der Waals surface area contributed by atoms with Crippen molar-refractivity contribution in [3.8, 4) is 0 Å². The van der Waals surface area contributed by atoms with Crippen LogP contribution >= 0.6 is 15.6 Å². The van der Waals surface area contributed by atoms with E-state index in [-0.39, 0.29) is 25.7 Å². The minimum absolute atomic E-state index is 0.0697. The molecule has 3 N–H and O–H groups in total. The Morgan fingerprint density at radius 3 is 0.870 bits per heavy atom. The van der Waals surface area contributed by atoms with E-state index in [1.54, 1.807) is 0 Å². The Labute approximate surface area is 605 Å². The monoisotopic (exact) mass is 1440 g/mol. The molecule has 0 heterocycles. The number of rotatable bonds is 71. The lowest BCUT2D eigenvalue weighted by molar-refractivity contribution is -0.161. The predicted molar refractivity (Wildman–Crippen MR) is 408 cm³/mol. The van der Waals surface area contributed by atoms with Crippen LogP contribution in [-0.2, 0) is 65.4 Å². The molecule has 5 unspecified atom stereocenters. The topological polar surface area (TPSA) is 237 Å². The van der Waals surface area contributed by atoms with Crippen LogP contribution in [0.1, 0.15) is 297 Å². The average molecular weight is 1440 g/mol. The van der Waals surface area contributed by atoms with Crippen LogP contribution in [0, 0.1) is 0 Å². The number of phosphoric ester groups is 2. The summed E-state index contributed by atoms with van der Waals surface area (Å²) in [5.74, 6) is -2.29. The average Bonchev–Trinajstić information content (AvgIpc) is 1.02. The van der Waals surface area contributed by atoms with E-state index in [0.29, 0.717) is 32.1 Å². The molecule has 0 saturated heterocycles. The SMILES string of the molecule is CC/C=C\C/C=C\C/C=C\C/C=C\C/C=C\CCCCCC(=O)OCC(COP(=O)(O)OCC(O)COP(=O)(O)OCC(COC(=O)CCC/C=C\C/C=C\C/C=C\C/C=C\C/C=C\CC)OC(=O)CCCCCCC/C=C\CCCCCC)OC(=O)CCCCCCCCCCCCC. The van der Waals surface area contributed by atoms with Crippen molar-refractivity contribution in [2.45, 2.75) is 316 Å². The van der Waals surface area contributed by atoms with Crippen molar-refractivity contribution in [2.75, 3.05) is 39.6 Å². The summed E-state index contributed by atoms with van der Waals surface area (Å²) in [5.41, 5.74) is 0. The molecule has 0 aliphatic rings. The van der Waals surface area contributed by atoms with Gasteiger partial charge in [0.2, 0.25) is 0 Å². The molecule has 0 aromatic heterocycles. The third kappa shape index (κ3) is 71.6. The first-order valence-corrected chi connectivity index (χ1v) is 41.4. The summed E-state index contributed by atoms with van der Waals surface area (Å²) in [6, 6.07) is 0. The lowest BCUT2D eigenvalue weighted by atomic mass is 10.1. The maximum absolute atomic E-state index is 13.1. The molecule has 0 radical (unpaired) electrons. The van der Waals surface area contributed by atoms with Gasteiger partial charge in [-0.1, -0.05) is 271 Å². The van der Waals surface area contributed by atoms with Crippen molar-refractivity contribution in [1.82, 2.24) is 0 Å². The van der Waals surface area contributed by atoms with Gasteiger partial charge in [0.15, 0.2) is 12.2 Å². The number of ether oxygens (including phenoxy) is 4. The molecule has 572 valence electrons. The summed E-state index contributed by atoms with van der Waals surface area (Å²) in [5, 5.41) is 10.6. The zero-order valence-corrected chi connectivity index (χ0v) is 64.1. The fourth-order valence-corrected chi connectivity index (χ4v) is 11.4. The van der Waals surface area contributed by atoms with Crippen LogP contribution in [-0.4, -0.2) is 96.7 Å². The Morgan fingerprint density at radius 1 is 0.290 bits per heavy atom. The van der Waals surface area contributed by atoms with Crippen LogP contribution < -0.4 is 0 Å². The number of phosphoric acid groups is 2. The van der Waals surface area contributed by atoms with Crippen molar-refractivity contribution in [3.63, 3.8) is 0 Å². The molecular weight excluding hydrogens is 1310 g/mol. The van der Waals surface area contributed by atoms with E-state index >= 15 is 0 Å². The molecule has 0 aromatic carbocycles. The van der Waals surface area contributed by atoms with Crippen LogP contribution in [0.3, 0.4) is 0 Å². The fraction of sp³-hybridized carbons (Fsp3) is 0.679. The van der Waals surface area contributed by atoms with E-state index in [1.165, 1.54) is 64.2 Å². The first kappa shape index (κ1) is 95.2. The van der Waals surface area contributed by atoms with Gasteiger partial charge in [-0.2, -0.15) is 0 Å².